The number of methoxy groups -OCH3 is 1. The molecule has 0 amide bonds. The third kappa shape index (κ3) is 4.44. The van der Waals surface area contributed by atoms with Crippen LogP contribution in [0.25, 0.3) is 11.1 Å². The van der Waals surface area contributed by atoms with Gasteiger partial charge in [0.2, 0.25) is 0 Å². The lowest BCUT2D eigenvalue weighted by molar-refractivity contribution is -0.255. The number of carboxylic acids is 1. The minimum absolute atomic E-state index is 0.0553. The van der Waals surface area contributed by atoms with Crippen molar-refractivity contribution in [2.75, 3.05) is 7.11 Å². The highest BCUT2D eigenvalue weighted by atomic mass is 32.2. The number of rotatable bonds is 6. The van der Waals surface area contributed by atoms with Gasteiger partial charge in [-0.1, -0.05) is 48.5 Å². The largest absolute Gasteiger partial charge is 0.545 e. The molecule has 0 saturated heterocycles. The summed E-state index contributed by atoms with van der Waals surface area (Å²) in [5.41, 5.74) is 1.40. The molecule has 0 fully saturated rings. The number of hydrogen-bond acceptors (Lipinski definition) is 7. The van der Waals surface area contributed by atoms with Crippen LogP contribution < -0.4 is 9.29 Å². The number of carbonyl (C=O) groups excluding carboxylic acids is 2. The molecule has 8 heteroatoms. The first-order valence-corrected chi connectivity index (χ1v) is 9.76. The maximum absolute atomic E-state index is 12.6. The molecular formula is C21H15O7S-. The van der Waals surface area contributed by atoms with Gasteiger partial charge in [-0.2, -0.15) is 8.42 Å². The average Bonchev–Trinajstić information content (AvgIpc) is 2.73. The van der Waals surface area contributed by atoms with E-state index in [0.29, 0.717) is 0 Å². The van der Waals surface area contributed by atoms with E-state index in [2.05, 4.69) is 4.74 Å². The van der Waals surface area contributed by atoms with E-state index in [1.54, 1.807) is 24.3 Å². The Labute approximate surface area is 167 Å². The Balaban J connectivity index is 1.84. The Morgan fingerprint density at radius 1 is 0.828 bits per heavy atom. The topological polar surface area (TPSA) is 110 Å². The zero-order chi connectivity index (χ0) is 21.0. The number of carboxylic acid groups (broad SMARTS) is 1. The predicted molar refractivity (Wildman–Crippen MR) is 102 cm³/mol. The van der Waals surface area contributed by atoms with E-state index in [-0.39, 0.29) is 21.8 Å². The molecule has 0 bridgehead atoms. The van der Waals surface area contributed by atoms with Crippen LogP contribution in [0, 0.1) is 0 Å². The standard InChI is InChI=1S/C21H16O7S/c1-27-21(24)18-4-2-3-5-19(18)29(25,26)28-17-12-10-15(11-13-17)14-6-8-16(9-7-14)20(22)23/h2-13H,1H3,(H,22,23)/p-1. The lowest BCUT2D eigenvalue weighted by Gasteiger charge is -2.11. The zero-order valence-corrected chi connectivity index (χ0v) is 16.0. The summed E-state index contributed by atoms with van der Waals surface area (Å²) in [6.45, 7) is 0. The quantitative estimate of drug-likeness (QED) is 0.452. The van der Waals surface area contributed by atoms with Crippen molar-refractivity contribution in [2.45, 2.75) is 4.90 Å². The molecule has 3 aromatic rings. The summed E-state index contributed by atoms with van der Waals surface area (Å²) in [6, 6.07) is 17.8. The van der Waals surface area contributed by atoms with E-state index in [1.807, 2.05) is 0 Å². The summed E-state index contributed by atoms with van der Waals surface area (Å²) >= 11 is 0. The van der Waals surface area contributed by atoms with Crippen molar-refractivity contribution >= 4 is 22.1 Å². The van der Waals surface area contributed by atoms with E-state index in [9.17, 15) is 23.1 Å². The van der Waals surface area contributed by atoms with E-state index in [4.69, 9.17) is 4.18 Å². The van der Waals surface area contributed by atoms with Crippen LogP contribution in [0.4, 0.5) is 0 Å². The molecule has 0 radical (unpaired) electrons. The van der Waals surface area contributed by atoms with Crippen molar-refractivity contribution in [1.29, 1.82) is 0 Å². The number of esters is 1. The van der Waals surface area contributed by atoms with E-state index in [0.717, 1.165) is 18.2 Å². The van der Waals surface area contributed by atoms with Crippen LogP contribution in [-0.4, -0.2) is 27.5 Å². The van der Waals surface area contributed by atoms with Gasteiger partial charge < -0.3 is 18.8 Å². The van der Waals surface area contributed by atoms with Gasteiger partial charge in [0.25, 0.3) is 0 Å². The number of ether oxygens (including phenoxy) is 1. The fourth-order valence-corrected chi connectivity index (χ4v) is 3.76. The molecule has 3 aromatic carbocycles. The fourth-order valence-electron chi connectivity index (χ4n) is 2.64. The SMILES string of the molecule is COC(=O)c1ccccc1S(=O)(=O)Oc1ccc(-c2ccc(C(=O)[O-])cc2)cc1. The van der Waals surface area contributed by atoms with Crippen LogP contribution >= 0.6 is 0 Å². The van der Waals surface area contributed by atoms with E-state index < -0.39 is 22.1 Å². The second kappa shape index (κ2) is 8.15. The van der Waals surface area contributed by atoms with E-state index >= 15 is 0 Å². The van der Waals surface area contributed by atoms with Gasteiger partial charge in [0, 0.05) is 0 Å². The second-order valence-corrected chi connectivity index (χ2v) is 7.43. The Bertz CT molecular complexity index is 1150. The molecule has 7 nitrogen and oxygen atoms in total. The zero-order valence-electron chi connectivity index (χ0n) is 15.2. The van der Waals surface area contributed by atoms with Gasteiger partial charge in [-0.15, -0.1) is 0 Å². The van der Waals surface area contributed by atoms with E-state index in [1.165, 1.54) is 48.5 Å². The van der Waals surface area contributed by atoms with Crippen molar-refractivity contribution in [2.24, 2.45) is 0 Å². The van der Waals surface area contributed by atoms with Crippen LogP contribution in [0.1, 0.15) is 20.7 Å². The van der Waals surface area contributed by atoms with Gasteiger partial charge in [0.15, 0.2) is 0 Å². The summed E-state index contributed by atoms with van der Waals surface area (Å²) in [7, 11) is -3.11. The normalized spacial score (nSPS) is 10.9. The predicted octanol–water partition coefficient (Wildman–Crippen LogP) is 2.27. The van der Waals surface area contributed by atoms with Crippen molar-refractivity contribution < 1.29 is 32.0 Å². The first-order chi connectivity index (χ1) is 13.8. The molecule has 0 N–H and O–H groups in total. The Morgan fingerprint density at radius 3 is 1.93 bits per heavy atom. The first-order valence-electron chi connectivity index (χ1n) is 8.35. The van der Waals surface area contributed by atoms with Crippen LogP contribution in [0.5, 0.6) is 5.75 Å². The number of hydrogen-bond donors (Lipinski definition) is 0. The van der Waals surface area contributed by atoms with Crippen molar-refractivity contribution in [3.63, 3.8) is 0 Å². The molecule has 0 spiro atoms. The first kappa shape index (κ1) is 20.1. The fraction of sp³-hybridized carbons (Fsp3) is 0.0476. The highest BCUT2D eigenvalue weighted by Gasteiger charge is 2.24. The van der Waals surface area contributed by atoms with Gasteiger partial charge in [-0.25, -0.2) is 4.79 Å². The molecule has 0 unspecified atom stereocenters. The number of carbonyl (C=O) groups is 2. The molecule has 3 rings (SSSR count). The third-order valence-electron chi connectivity index (χ3n) is 4.08. The van der Waals surface area contributed by atoms with Gasteiger partial charge >= 0.3 is 16.1 Å². The molecule has 148 valence electrons. The lowest BCUT2D eigenvalue weighted by Crippen LogP contribution is -2.21. The Hall–Kier alpha value is -3.65. The van der Waals surface area contributed by atoms with Crippen molar-refractivity contribution in [3.05, 3.63) is 83.9 Å². The number of aromatic carboxylic acids is 1. The molecule has 0 atom stereocenters. The van der Waals surface area contributed by atoms with Gasteiger partial charge in [-0.05, 0) is 41.0 Å². The summed E-state index contributed by atoms with van der Waals surface area (Å²) in [5.74, 6) is -2.00. The lowest BCUT2D eigenvalue weighted by atomic mass is 10.0. The molecule has 0 aliphatic carbocycles. The summed E-state index contributed by atoms with van der Waals surface area (Å²) in [5, 5.41) is 10.8. The molecule has 0 heterocycles. The van der Waals surface area contributed by atoms with Crippen LogP contribution in [0.2, 0.25) is 0 Å². The third-order valence-corrected chi connectivity index (χ3v) is 5.38. The summed E-state index contributed by atoms with van der Waals surface area (Å²) < 4.78 is 35.0. The maximum atomic E-state index is 12.6. The van der Waals surface area contributed by atoms with Crippen molar-refractivity contribution in [3.8, 4) is 16.9 Å². The highest BCUT2D eigenvalue weighted by Crippen LogP contribution is 2.26. The Kier molecular flexibility index (Phi) is 5.65. The molecular weight excluding hydrogens is 396 g/mol. The molecule has 29 heavy (non-hydrogen) atoms. The summed E-state index contributed by atoms with van der Waals surface area (Å²) in [4.78, 5) is 22.3. The van der Waals surface area contributed by atoms with Crippen LogP contribution in [-0.2, 0) is 14.9 Å². The van der Waals surface area contributed by atoms with Crippen molar-refractivity contribution in [1.82, 2.24) is 0 Å². The summed E-state index contributed by atoms with van der Waals surface area (Å²) in [6.07, 6.45) is 0. The molecule has 0 aliphatic heterocycles. The van der Waals surface area contributed by atoms with Crippen LogP contribution in [0.3, 0.4) is 0 Å². The highest BCUT2D eigenvalue weighted by molar-refractivity contribution is 7.87. The van der Waals surface area contributed by atoms with Gasteiger partial charge in [0.05, 0.1) is 18.6 Å². The Morgan fingerprint density at radius 2 is 1.38 bits per heavy atom. The minimum Gasteiger partial charge on any atom is -0.545 e. The maximum Gasteiger partial charge on any atom is 0.340 e. The van der Waals surface area contributed by atoms with Gasteiger partial charge in [-0.3, -0.25) is 0 Å². The monoisotopic (exact) mass is 411 g/mol. The molecule has 0 aromatic heterocycles. The molecule has 0 saturated carbocycles. The second-order valence-electron chi connectivity index (χ2n) is 5.91. The minimum atomic E-state index is -4.26. The van der Waals surface area contributed by atoms with Gasteiger partial charge in [0.1, 0.15) is 10.6 Å². The number of benzene rings is 3. The molecule has 0 aliphatic rings. The van der Waals surface area contributed by atoms with Crippen LogP contribution in [0.15, 0.2) is 77.7 Å². The smallest absolute Gasteiger partial charge is 0.340 e. The average molecular weight is 411 g/mol.